The summed E-state index contributed by atoms with van der Waals surface area (Å²) in [7, 11) is 1.77. The molecule has 1 aliphatic rings. The topological polar surface area (TPSA) is 78.7 Å². The van der Waals surface area contributed by atoms with Gasteiger partial charge in [-0.3, -0.25) is 4.68 Å². The average Bonchev–Trinajstić information content (AvgIpc) is 2.82. The lowest BCUT2D eigenvalue weighted by Crippen LogP contribution is -2.38. The molecule has 1 saturated heterocycles. The smallest absolute Gasteiger partial charge is 0.246 e. The third-order valence-corrected chi connectivity index (χ3v) is 5.41. The Morgan fingerprint density at radius 3 is 2.47 bits per heavy atom. The zero-order valence-electron chi connectivity index (χ0n) is 11.6. The predicted molar refractivity (Wildman–Crippen MR) is 70.2 cm³/mol. The molecule has 2 rings (SSSR count). The monoisotopic (exact) mass is 288 g/mol. The summed E-state index contributed by atoms with van der Waals surface area (Å²) >= 11 is 0. The molecule has 0 spiro atoms. The number of nitrogens with zero attached hydrogens (tertiary/aromatic N) is 4. The maximum Gasteiger partial charge on any atom is 0.246 e. The standard InChI is InChI=1S/C11H20N4O3S/c1-8-11(7-14(4)12-8)19(17,18)15-5-9(13(2)3)10(16)6-15/h7,9-10,16H,5-6H2,1-4H3/t9-,10-/m1/s1. The molecule has 108 valence electrons. The molecule has 0 unspecified atom stereocenters. The van der Waals surface area contributed by atoms with Gasteiger partial charge < -0.3 is 10.0 Å². The molecular formula is C11H20N4O3S. The first kappa shape index (κ1) is 14.4. The summed E-state index contributed by atoms with van der Waals surface area (Å²) in [6.07, 6.45) is 0.835. The molecule has 0 aliphatic carbocycles. The van der Waals surface area contributed by atoms with Crippen molar-refractivity contribution in [3.8, 4) is 0 Å². The first-order valence-corrected chi connectivity index (χ1v) is 7.52. The molecule has 0 bridgehead atoms. The molecule has 1 fully saturated rings. The number of β-amino-alcohol motifs (C(OH)–C–C–N with tert-alkyl or cyclic N) is 1. The van der Waals surface area contributed by atoms with E-state index in [0.29, 0.717) is 12.2 Å². The number of hydrogen-bond donors (Lipinski definition) is 1. The zero-order chi connectivity index (χ0) is 14.4. The normalized spacial score (nSPS) is 25.4. The van der Waals surface area contributed by atoms with Crippen LogP contribution in [0.25, 0.3) is 0 Å². The molecule has 2 heterocycles. The van der Waals surface area contributed by atoms with Gasteiger partial charge in [0.2, 0.25) is 10.0 Å². The van der Waals surface area contributed by atoms with Crippen LogP contribution in [0.3, 0.4) is 0 Å². The van der Waals surface area contributed by atoms with E-state index in [1.54, 1.807) is 14.0 Å². The minimum atomic E-state index is -3.58. The number of hydrogen-bond acceptors (Lipinski definition) is 5. The fraction of sp³-hybridized carbons (Fsp3) is 0.727. The summed E-state index contributed by atoms with van der Waals surface area (Å²) in [4.78, 5) is 2.05. The molecule has 19 heavy (non-hydrogen) atoms. The Bertz CT molecular complexity index is 566. The van der Waals surface area contributed by atoms with Gasteiger partial charge in [0.25, 0.3) is 0 Å². The van der Waals surface area contributed by atoms with Crippen LogP contribution in [0.2, 0.25) is 0 Å². The van der Waals surface area contributed by atoms with Crippen LogP contribution >= 0.6 is 0 Å². The molecule has 0 saturated carbocycles. The second-order valence-corrected chi connectivity index (χ2v) is 7.08. The van der Waals surface area contributed by atoms with Crippen molar-refractivity contribution in [1.82, 2.24) is 19.0 Å². The molecule has 8 heteroatoms. The Morgan fingerprint density at radius 1 is 1.42 bits per heavy atom. The van der Waals surface area contributed by atoms with E-state index in [1.165, 1.54) is 15.2 Å². The van der Waals surface area contributed by atoms with Gasteiger partial charge in [-0.2, -0.15) is 9.40 Å². The highest BCUT2D eigenvalue weighted by Crippen LogP contribution is 2.24. The van der Waals surface area contributed by atoms with Crippen molar-refractivity contribution in [3.05, 3.63) is 11.9 Å². The Morgan fingerprint density at radius 2 is 2.05 bits per heavy atom. The average molecular weight is 288 g/mol. The maximum absolute atomic E-state index is 12.5. The molecule has 0 amide bonds. The van der Waals surface area contributed by atoms with Crippen molar-refractivity contribution in [3.63, 3.8) is 0 Å². The van der Waals surface area contributed by atoms with Crippen LogP contribution in [0.1, 0.15) is 5.69 Å². The summed E-state index contributed by atoms with van der Waals surface area (Å²) in [5.74, 6) is 0. The third kappa shape index (κ3) is 2.53. The SMILES string of the molecule is Cc1nn(C)cc1S(=O)(=O)N1C[C@@H](O)[C@H](N(C)C)C1. The van der Waals surface area contributed by atoms with E-state index in [1.807, 2.05) is 19.0 Å². The lowest BCUT2D eigenvalue weighted by atomic mass is 10.2. The number of aromatic nitrogens is 2. The van der Waals surface area contributed by atoms with Crippen molar-refractivity contribution in [2.75, 3.05) is 27.2 Å². The molecule has 0 radical (unpaired) electrons. The van der Waals surface area contributed by atoms with E-state index in [-0.39, 0.29) is 17.5 Å². The van der Waals surface area contributed by atoms with Gasteiger partial charge in [0.15, 0.2) is 0 Å². The molecule has 0 aromatic carbocycles. The van der Waals surface area contributed by atoms with Gasteiger partial charge in [-0.05, 0) is 21.0 Å². The van der Waals surface area contributed by atoms with Gasteiger partial charge in [0.1, 0.15) is 4.90 Å². The molecule has 1 N–H and O–H groups in total. The van der Waals surface area contributed by atoms with E-state index in [9.17, 15) is 13.5 Å². The Hall–Kier alpha value is -0.960. The lowest BCUT2D eigenvalue weighted by Gasteiger charge is -2.21. The minimum absolute atomic E-state index is 0.125. The van der Waals surface area contributed by atoms with Crippen molar-refractivity contribution in [2.45, 2.75) is 24.0 Å². The van der Waals surface area contributed by atoms with Crippen molar-refractivity contribution in [2.24, 2.45) is 7.05 Å². The zero-order valence-corrected chi connectivity index (χ0v) is 12.4. The highest BCUT2D eigenvalue weighted by molar-refractivity contribution is 7.89. The number of aliphatic hydroxyl groups is 1. The van der Waals surface area contributed by atoms with E-state index < -0.39 is 16.1 Å². The number of aryl methyl sites for hydroxylation is 2. The van der Waals surface area contributed by atoms with Crippen molar-refractivity contribution in [1.29, 1.82) is 0 Å². The van der Waals surface area contributed by atoms with Crippen molar-refractivity contribution >= 4 is 10.0 Å². The first-order chi connectivity index (χ1) is 8.73. The summed E-state index contributed by atoms with van der Waals surface area (Å²) in [6, 6.07) is -0.174. The minimum Gasteiger partial charge on any atom is -0.390 e. The Balaban J connectivity index is 2.30. The highest BCUT2D eigenvalue weighted by atomic mass is 32.2. The number of likely N-dealkylation sites (N-methyl/N-ethyl adjacent to an activating group) is 1. The van der Waals surface area contributed by atoms with E-state index in [2.05, 4.69) is 5.10 Å². The summed E-state index contributed by atoms with van der Waals surface area (Å²) < 4.78 is 27.9. The summed E-state index contributed by atoms with van der Waals surface area (Å²) in [6.45, 7) is 2.09. The van der Waals surface area contributed by atoms with Crippen LogP contribution in [0.5, 0.6) is 0 Å². The van der Waals surface area contributed by atoms with E-state index in [0.717, 1.165) is 0 Å². The van der Waals surface area contributed by atoms with Crippen LogP contribution < -0.4 is 0 Å². The fourth-order valence-electron chi connectivity index (χ4n) is 2.41. The van der Waals surface area contributed by atoms with Gasteiger partial charge in [0, 0.05) is 26.3 Å². The Kier molecular flexibility index (Phi) is 3.69. The molecule has 1 aliphatic heterocycles. The summed E-state index contributed by atoms with van der Waals surface area (Å²) in [5, 5.41) is 14.0. The molecule has 1 aromatic heterocycles. The number of rotatable bonds is 3. The van der Waals surface area contributed by atoms with Gasteiger partial charge in [-0.15, -0.1) is 0 Å². The Labute approximate surface area is 113 Å². The molecular weight excluding hydrogens is 268 g/mol. The van der Waals surface area contributed by atoms with Gasteiger partial charge in [0.05, 0.1) is 17.8 Å². The molecule has 1 aromatic rings. The predicted octanol–water partition coefficient (Wildman–Crippen LogP) is -0.976. The van der Waals surface area contributed by atoms with Crippen LogP contribution in [0.4, 0.5) is 0 Å². The number of sulfonamides is 1. The van der Waals surface area contributed by atoms with Gasteiger partial charge in [-0.1, -0.05) is 0 Å². The van der Waals surface area contributed by atoms with Crippen molar-refractivity contribution < 1.29 is 13.5 Å². The third-order valence-electron chi connectivity index (χ3n) is 3.48. The maximum atomic E-state index is 12.5. The van der Waals surface area contributed by atoms with Crippen LogP contribution in [-0.2, 0) is 17.1 Å². The molecule has 2 atom stereocenters. The lowest BCUT2D eigenvalue weighted by molar-refractivity contribution is 0.113. The van der Waals surface area contributed by atoms with E-state index in [4.69, 9.17) is 0 Å². The van der Waals surface area contributed by atoms with Gasteiger partial charge >= 0.3 is 0 Å². The highest BCUT2D eigenvalue weighted by Gasteiger charge is 2.40. The largest absolute Gasteiger partial charge is 0.390 e. The van der Waals surface area contributed by atoms with Gasteiger partial charge in [-0.25, -0.2) is 8.42 Å². The fourth-order valence-corrected chi connectivity index (χ4v) is 4.09. The van der Waals surface area contributed by atoms with Crippen LogP contribution in [-0.4, -0.2) is 71.8 Å². The first-order valence-electron chi connectivity index (χ1n) is 6.08. The second-order valence-electron chi connectivity index (χ2n) is 5.17. The van der Waals surface area contributed by atoms with E-state index >= 15 is 0 Å². The summed E-state index contributed by atoms with van der Waals surface area (Å²) in [5.41, 5.74) is 0.477. The number of aliphatic hydroxyl groups excluding tert-OH is 1. The second kappa shape index (κ2) is 4.86. The molecule has 7 nitrogen and oxygen atoms in total. The quantitative estimate of drug-likeness (QED) is 0.774. The van der Waals surface area contributed by atoms with Crippen LogP contribution in [0, 0.1) is 6.92 Å². The van der Waals surface area contributed by atoms with Crippen LogP contribution in [0.15, 0.2) is 11.1 Å².